The van der Waals surface area contributed by atoms with Crippen molar-refractivity contribution in [3.8, 4) is 10.0 Å². The summed E-state index contributed by atoms with van der Waals surface area (Å²) >= 11 is 7.20. The quantitative estimate of drug-likeness (QED) is 0.200. The topological polar surface area (TPSA) is 79.9 Å². The van der Waals surface area contributed by atoms with Gasteiger partial charge in [-0.2, -0.15) is 0 Å². The Morgan fingerprint density at radius 3 is 1.90 bits per heavy atom. The molecule has 0 amide bonds. The molecule has 4 aromatic heterocycles. The van der Waals surface area contributed by atoms with Crippen LogP contribution in [0.15, 0.2) is 34.8 Å². The molecule has 2 atom stereocenters. The molecule has 0 N–H and O–H groups in total. The van der Waals surface area contributed by atoms with Crippen LogP contribution in [-0.2, 0) is 29.1 Å². The number of benzene rings is 1. The third-order valence-corrected chi connectivity index (χ3v) is 11.0. The van der Waals surface area contributed by atoms with Gasteiger partial charge in [-0.1, -0.05) is 30.3 Å². The molecule has 0 radical (unpaired) electrons. The van der Waals surface area contributed by atoms with Gasteiger partial charge in [0.1, 0.15) is 33.9 Å². The van der Waals surface area contributed by atoms with Crippen molar-refractivity contribution in [2.24, 2.45) is 0 Å². The van der Waals surface area contributed by atoms with Crippen LogP contribution in [0.1, 0.15) is 81.4 Å². The summed E-state index contributed by atoms with van der Waals surface area (Å²) in [6.45, 7) is 13.6. The lowest BCUT2D eigenvalue weighted by molar-refractivity contribution is 0.0492. The summed E-state index contributed by atoms with van der Waals surface area (Å²) in [7, 11) is 0. The number of aromatic nitrogens is 6. The van der Waals surface area contributed by atoms with Gasteiger partial charge in [-0.3, -0.25) is 9.13 Å². The Morgan fingerprint density at radius 1 is 0.775 bits per heavy atom. The molecule has 40 heavy (non-hydrogen) atoms. The zero-order valence-corrected chi connectivity index (χ0v) is 26.6. The molecule has 0 saturated carbocycles. The van der Waals surface area contributed by atoms with Gasteiger partial charge in [-0.25, -0.2) is 0 Å². The van der Waals surface area contributed by atoms with Crippen molar-refractivity contribution in [1.82, 2.24) is 29.5 Å². The first-order valence-corrected chi connectivity index (χ1v) is 15.7. The number of rotatable bonds is 2. The number of thiophene rings is 2. The molecule has 8 nitrogen and oxygen atoms in total. The minimum absolute atomic E-state index is 0.0250. The monoisotopic (exact) mass is 638 g/mol. The molecule has 2 aliphatic rings. The molecule has 11 heteroatoms. The second kappa shape index (κ2) is 10.9. The molecule has 2 aliphatic heterocycles. The van der Waals surface area contributed by atoms with Crippen LogP contribution in [0, 0.1) is 27.7 Å². The van der Waals surface area contributed by atoms with E-state index in [4.69, 9.17) is 9.47 Å². The predicted octanol–water partition coefficient (Wildman–Crippen LogP) is 7.43. The van der Waals surface area contributed by atoms with Crippen LogP contribution in [0.4, 0.5) is 0 Å². The lowest BCUT2D eigenvalue weighted by Crippen LogP contribution is -2.04. The number of nitrogens with zero attached hydrogens (tertiary/aromatic N) is 6. The number of aryl methyl sites for hydroxylation is 4. The van der Waals surface area contributed by atoms with Crippen LogP contribution >= 0.6 is 38.6 Å². The zero-order chi connectivity index (χ0) is 28.1. The summed E-state index contributed by atoms with van der Waals surface area (Å²) in [6, 6.07) is 10.6. The van der Waals surface area contributed by atoms with Crippen LogP contribution in [-0.4, -0.2) is 29.5 Å². The highest BCUT2D eigenvalue weighted by Gasteiger charge is 2.29. The lowest BCUT2D eigenvalue weighted by atomic mass is 10.0. The summed E-state index contributed by atoms with van der Waals surface area (Å²) in [6.07, 6.45) is 0.871. The van der Waals surface area contributed by atoms with Gasteiger partial charge < -0.3 is 9.47 Å². The van der Waals surface area contributed by atoms with Crippen molar-refractivity contribution in [3.63, 3.8) is 0 Å². The van der Waals surface area contributed by atoms with E-state index in [9.17, 15) is 0 Å². The maximum absolute atomic E-state index is 6.04. The highest BCUT2D eigenvalue weighted by Crippen LogP contribution is 2.41. The summed E-state index contributed by atoms with van der Waals surface area (Å²) in [5, 5.41) is 19.3. The Bertz CT molecular complexity index is 1690. The summed E-state index contributed by atoms with van der Waals surface area (Å²) in [5.41, 5.74) is 5.18. The summed E-state index contributed by atoms with van der Waals surface area (Å²) < 4.78 is 17.3. The van der Waals surface area contributed by atoms with Gasteiger partial charge in [-0.05, 0) is 75.0 Å². The van der Waals surface area contributed by atoms with E-state index in [0.29, 0.717) is 13.2 Å². The summed E-state index contributed by atoms with van der Waals surface area (Å²) in [4.78, 5) is 2.60. The standard InChI is InChI=1S/C18H19N3OS.C11H12BrN3OS/c1-11-17-20-19-13(3)21(17)18-16(10-22-11)15(12(2)23-18)9-14-7-5-4-6-8-14;1-5-10-14-13-7(3)15(10)11-8(4-16-5)9(12)6(2)17-11/h4-8,11H,9-10H2,1-3H3;5H,4H2,1-3H3. The maximum Gasteiger partial charge on any atom is 0.167 e. The van der Waals surface area contributed by atoms with E-state index in [2.05, 4.69) is 89.6 Å². The van der Waals surface area contributed by atoms with Gasteiger partial charge in [0.05, 0.1) is 13.2 Å². The fourth-order valence-corrected chi connectivity index (χ4v) is 8.20. The molecule has 2 unspecified atom stereocenters. The fourth-order valence-electron chi connectivity index (χ4n) is 5.19. The third-order valence-electron chi connectivity index (χ3n) is 7.39. The van der Waals surface area contributed by atoms with E-state index >= 15 is 0 Å². The zero-order valence-electron chi connectivity index (χ0n) is 23.4. The number of fused-ring (bicyclic) bond motifs is 6. The molecular formula is C29H31BrN6O2S2. The average molecular weight is 640 g/mol. The normalized spacial score (nSPS) is 17.6. The Labute approximate surface area is 250 Å². The molecular weight excluding hydrogens is 608 g/mol. The van der Waals surface area contributed by atoms with Gasteiger partial charge >= 0.3 is 0 Å². The van der Waals surface area contributed by atoms with E-state index in [1.54, 1.807) is 11.3 Å². The van der Waals surface area contributed by atoms with Gasteiger partial charge in [0.2, 0.25) is 0 Å². The number of halogens is 1. The van der Waals surface area contributed by atoms with E-state index in [-0.39, 0.29) is 12.2 Å². The number of ether oxygens (including phenoxy) is 2. The summed E-state index contributed by atoms with van der Waals surface area (Å²) in [5.74, 6) is 3.61. The predicted molar refractivity (Wildman–Crippen MR) is 161 cm³/mol. The smallest absolute Gasteiger partial charge is 0.167 e. The Morgan fingerprint density at radius 2 is 1.30 bits per heavy atom. The molecule has 7 rings (SSSR count). The Balaban J connectivity index is 0.000000151. The maximum atomic E-state index is 6.04. The van der Waals surface area contributed by atoms with Crippen molar-refractivity contribution in [2.75, 3.05) is 0 Å². The largest absolute Gasteiger partial charge is 0.366 e. The van der Waals surface area contributed by atoms with E-state index in [1.807, 2.05) is 39.0 Å². The molecule has 0 fully saturated rings. The Kier molecular flexibility index (Phi) is 7.51. The molecule has 1 aromatic carbocycles. The van der Waals surface area contributed by atoms with Crippen molar-refractivity contribution in [2.45, 2.75) is 73.4 Å². The van der Waals surface area contributed by atoms with Crippen molar-refractivity contribution in [3.05, 3.63) is 90.1 Å². The first-order valence-electron chi connectivity index (χ1n) is 13.2. The van der Waals surface area contributed by atoms with Gasteiger partial charge in [-0.15, -0.1) is 43.1 Å². The van der Waals surface area contributed by atoms with Crippen LogP contribution in [0.5, 0.6) is 0 Å². The van der Waals surface area contributed by atoms with Crippen molar-refractivity contribution >= 4 is 38.6 Å². The van der Waals surface area contributed by atoms with Crippen molar-refractivity contribution < 1.29 is 9.47 Å². The molecule has 5 aromatic rings. The van der Waals surface area contributed by atoms with Crippen LogP contribution < -0.4 is 0 Å². The van der Waals surface area contributed by atoms with Crippen LogP contribution in [0.2, 0.25) is 0 Å². The molecule has 0 aliphatic carbocycles. The Hall–Kier alpha value is -2.70. The average Bonchev–Trinajstić information content (AvgIpc) is 3.62. The van der Waals surface area contributed by atoms with Gasteiger partial charge in [0.25, 0.3) is 0 Å². The number of hydrogen-bond acceptors (Lipinski definition) is 8. The van der Waals surface area contributed by atoms with E-state index < -0.39 is 0 Å². The SMILES string of the molecule is Cc1sc2c(c1Br)COC(C)c1nnc(C)n1-2.Cc1sc2c(c1Cc1ccccc1)COC(C)c1nnc(C)n1-2. The molecule has 208 valence electrons. The number of hydrogen-bond donors (Lipinski definition) is 0. The second-order valence-electron chi connectivity index (χ2n) is 10.1. The van der Waals surface area contributed by atoms with E-state index in [1.165, 1.54) is 42.0 Å². The molecule has 0 saturated heterocycles. The fraction of sp³-hybridized carbons (Fsp3) is 0.379. The van der Waals surface area contributed by atoms with Crippen molar-refractivity contribution in [1.29, 1.82) is 0 Å². The second-order valence-corrected chi connectivity index (χ2v) is 13.3. The van der Waals surface area contributed by atoms with Gasteiger partial charge in [0, 0.05) is 25.4 Å². The lowest BCUT2D eigenvalue weighted by Gasteiger charge is -2.09. The first-order chi connectivity index (χ1) is 19.2. The minimum Gasteiger partial charge on any atom is -0.366 e. The van der Waals surface area contributed by atoms with Gasteiger partial charge in [0.15, 0.2) is 11.6 Å². The highest BCUT2D eigenvalue weighted by atomic mass is 79.9. The molecule has 0 bridgehead atoms. The highest BCUT2D eigenvalue weighted by molar-refractivity contribution is 9.10. The molecule has 6 heterocycles. The third kappa shape index (κ3) is 4.77. The first kappa shape index (κ1) is 27.5. The molecule has 0 spiro atoms. The van der Waals surface area contributed by atoms with Crippen LogP contribution in [0.25, 0.3) is 10.0 Å². The minimum atomic E-state index is -0.0410. The van der Waals surface area contributed by atoms with Crippen LogP contribution in [0.3, 0.4) is 0 Å². The van der Waals surface area contributed by atoms with E-state index in [0.717, 1.165) is 34.2 Å².